The average molecular weight is 572 g/mol. The minimum Gasteiger partial charge on any atom is -0.480 e. The van der Waals surface area contributed by atoms with E-state index in [1.165, 1.54) is 0 Å². The molecule has 0 saturated heterocycles. The molecule has 3 aromatic carbocycles. The van der Waals surface area contributed by atoms with E-state index in [0.717, 1.165) is 22.3 Å². The molecule has 9 heteroatoms. The third kappa shape index (κ3) is 7.40. The van der Waals surface area contributed by atoms with Crippen LogP contribution in [0.3, 0.4) is 0 Å². The molecule has 0 bridgehead atoms. The number of carbonyl (C=O) groups is 2. The Hall–Kier alpha value is -2.81. The van der Waals surface area contributed by atoms with Crippen LogP contribution in [0, 0.1) is 0 Å². The van der Waals surface area contributed by atoms with Crippen LogP contribution in [-0.4, -0.2) is 40.5 Å². The van der Waals surface area contributed by atoms with Crippen LogP contribution in [0.5, 0.6) is 0 Å². The maximum Gasteiger partial charge on any atom is 0.326 e. The standard InChI is InChI=1S/C29H28Cl2N2O4S/c30-23-12-9-20(10-13-23)26-14-11-22(28(33(26)38)21-7-4-8-24(31)16-21)17-37-18-27(34)32-25(29(35)36)15-19-5-2-1-3-6-19/h1-13,16,25-26,28,38H,14-15,17-18H2,(H,32,34)(H,35,36)/t25-,26-,28-/m0/s1. The summed E-state index contributed by atoms with van der Waals surface area (Å²) in [6, 6.07) is 23.1. The first kappa shape index (κ1) is 28.2. The van der Waals surface area contributed by atoms with Crippen LogP contribution in [0.2, 0.25) is 10.0 Å². The molecule has 4 rings (SSSR count). The fraction of sp³-hybridized carbons (Fsp3) is 0.241. The molecule has 198 valence electrons. The van der Waals surface area contributed by atoms with Gasteiger partial charge in [0.1, 0.15) is 12.6 Å². The lowest BCUT2D eigenvalue weighted by molar-refractivity contribution is -0.142. The van der Waals surface area contributed by atoms with Crippen molar-refractivity contribution in [3.8, 4) is 0 Å². The number of benzene rings is 3. The third-order valence-electron chi connectivity index (χ3n) is 6.38. The van der Waals surface area contributed by atoms with Gasteiger partial charge in [-0.1, -0.05) is 96.7 Å². The summed E-state index contributed by atoms with van der Waals surface area (Å²) in [6.07, 6.45) is 2.97. The highest BCUT2D eigenvalue weighted by atomic mass is 35.5. The van der Waals surface area contributed by atoms with Gasteiger partial charge >= 0.3 is 5.97 Å². The Kier molecular flexibility index (Phi) is 9.88. The van der Waals surface area contributed by atoms with Crippen molar-refractivity contribution in [1.82, 2.24) is 9.62 Å². The number of hydrogen-bond acceptors (Lipinski definition) is 5. The lowest BCUT2D eigenvalue weighted by atomic mass is 9.89. The fourth-order valence-corrected chi connectivity index (χ4v) is 5.37. The highest BCUT2D eigenvalue weighted by molar-refractivity contribution is 7.77. The second kappa shape index (κ2) is 13.3. The highest BCUT2D eigenvalue weighted by Crippen LogP contribution is 2.43. The van der Waals surface area contributed by atoms with Crippen molar-refractivity contribution in [3.05, 3.63) is 117 Å². The Morgan fingerprint density at radius 3 is 2.42 bits per heavy atom. The first-order valence-electron chi connectivity index (χ1n) is 12.1. The molecular weight excluding hydrogens is 543 g/mol. The topological polar surface area (TPSA) is 78.9 Å². The Labute approximate surface area is 237 Å². The van der Waals surface area contributed by atoms with Crippen LogP contribution < -0.4 is 5.32 Å². The van der Waals surface area contributed by atoms with E-state index in [2.05, 4.69) is 11.4 Å². The second-order valence-electron chi connectivity index (χ2n) is 9.06. The number of carbonyl (C=O) groups excluding carboxylic acids is 1. The Morgan fingerprint density at radius 1 is 1.00 bits per heavy atom. The van der Waals surface area contributed by atoms with Gasteiger partial charge in [0, 0.05) is 22.5 Å². The number of aliphatic carboxylic acids is 1. The minimum atomic E-state index is -1.10. The molecule has 1 aliphatic heterocycles. The lowest BCUT2D eigenvalue weighted by Gasteiger charge is -2.39. The van der Waals surface area contributed by atoms with Crippen molar-refractivity contribution in [1.29, 1.82) is 0 Å². The summed E-state index contributed by atoms with van der Waals surface area (Å²) in [5.41, 5.74) is 3.77. The first-order valence-corrected chi connectivity index (χ1v) is 13.3. The van der Waals surface area contributed by atoms with Gasteiger partial charge in [0.15, 0.2) is 0 Å². The van der Waals surface area contributed by atoms with Crippen molar-refractivity contribution in [2.75, 3.05) is 13.2 Å². The van der Waals surface area contributed by atoms with E-state index in [0.29, 0.717) is 16.5 Å². The van der Waals surface area contributed by atoms with Crippen LogP contribution in [0.15, 0.2) is 90.5 Å². The molecule has 3 atom stereocenters. The van der Waals surface area contributed by atoms with Crippen LogP contribution in [-0.2, 0) is 20.7 Å². The van der Waals surface area contributed by atoms with Crippen molar-refractivity contribution >= 4 is 47.9 Å². The molecule has 3 aromatic rings. The number of carboxylic acid groups (broad SMARTS) is 1. The number of halogens is 2. The molecule has 38 heavy (non-hydrogen) atoms. The van der Waals surface area contributed by atoms with E-state index >= 15 is 0 Å². The monoisotopic (exact) mass is 570 g/mol. The van der Waals surface area contributed by atoms with Gasteiger partial charge in [0.2, 0.25) is 5.91 Å². The van der Waals surface area contributed by atoms with E-state index in [9.17, 15) is 14.7 Å². The zero-order valence-electron chi connectivity index (χ0n) is 20.5. The second-order valence-corrected chi connectivity index (χ2v) is 10.4. The van der Waals surface area contributed by atoms with Gasteiger partial charge in [-0.3, -0.25) is 4.79 Å². The van der Waals surface area contributed by atoms with Gasteiger partial charge in [-0.05, 0) is 52.9 Å². The maximum atomic E-state index is 12.5. The van der Waals surface area contributed by atoms with Gasteiger partial charge in [-0.15, -0.1) is 0 Å². The molecule has 0 aromatic heterocycles. The van der Waals surface area contributed by atoms with Gasteiger partial charge in [0.25, 0.3) is 0 Å². The van der Waals surface area contributed by atoms with Gasteiger partial charge in [0.05, 0.1) is 12.6 Å². The summed E-state index contributed by atoms with van der Waals surface area (Å²) in [4.78, 5) is 24.2. The van der Waals surface area contributed by atoms with E-state index in [1.807, 2.05) is 83.2 Å². The summed E-state index contributed by atoms with van der Waals surface area (Å²) in [7, 11) is 0. The summed E-state index contributed by atoms with van der Waals surface area (Å²) in [6.45, 7) is -0.100. The zero-order chi connectivity index (χ0) is 27.1. The van der Waals surface area contributed by atoms with Crippen LogP contribution in [0.25, 0.3) is 0 Å². The van der Waals surface area contributed by atoms with E-state index in [4.69, 9.17) is 40.8 Å². The number of thiol groups is 1. The SMILES string of the molecule is O=C(COCC1=CC[C@@H](c2ccc(Cl)cc2)N(S)[C@H]1c1cccc(Cl)c1)N[C@@H](Cc1ccccc1)C(=O)O. The normalized spacial score (nSPS) is 18.4. The summed E-state index contributed by atoms with van der Waals surface area (Å²) >= 11 is 17.3. The van der Waals surface area contributed by atoms with Crippen LogP contribution in [0.4, 0.5) is 0 Å². The quantitative estimate of drug-likeness (QED) is 0.203. The molecule has 0 spiro atoms. The Balaban J connectivity index is 1.44. The summed E-state index contributed by atoms with van der Waals surface area (Å²) < 4.78 is 7.73. The van der Waals surface area contributed by atoms with Crippen molar-refractivity contribution < 1.29 is 19.4 Å². The molecular formula is C29H28Cl2N2O4S. The van der Waals surface area contributed by atoms with Gasteiger partial charge in [-0.25, -0.2) is 9.10 Å². The smallest absolute Gasteiger partial charge is 0.326 e. The predicted octanol–water partition coefficient (Wildman–Crippen LogP) is 6.08. The van der Waals surface area contributed by atoms with Crippen molar-refractivity contribution in [2.24, 2.45) is 0 Å². The first-order chi connectivity index (χ1) is 18.3. The molecule has 1 aliphatic rings. The molecule has 0 unspecified atom stereocenters. The molecule has 2 N–H and O–H groups in total. The highest BCUT2D eigenvalue weighted by Gasteiger charge is 2.33. The van der Waals surface area contributed by atoms with E-state index in [1.54, 1.807) is 0 Å². The van der Waals surface area contributed by atoms with Gasteiger partial charge in [-0.2, -0.15) is 0 Å². The predicted molar refractivity (Wildman–Crippen MR) is 152 cm³/mol. The minimum absolute atomic E-state index is 0.0130. The zero-order valence-corrected chi connectivity index (χ0v) is 22.9. The number of amides is 1. The lowest BCUT2D eigenvalue weighted by Crippen LogP contribution is -2.44. The summed E-state index contributed by atoms with van der Waals surface area (Å²) in [5.74, 6) is -1.59. The molecule has 0 radical (unpaired) electrons. The molecule has 0 saturated carbocycles. The number of carboxylic acids is 1. The number of hydrogen-bond donors (Lipinski definition) is 3. The van der Waals surface area contributed by atoms with Crippen LogP contribution >= 0.6 is 36.0 Å². The third-order valence-corrected chi connectivity index (χ3v) is 7.37. The number of ether oxygens (including phenoxy) is 1. The molecule has 0 fully saturated rings. The molecule has 0 aliphatic carbocycles. The molecule has 1 heterocycles. The van der Waals surface area contributed by atoms with Crippen LogP contribution in [0.1, 0.15) is 35.2 Å². The molecule has 1 amide bonds. The summed E-state index contributed by atoms with van der Waals surface area (Å²) in [5, 5.41) is 13.4. The number of rotatable bonds is 10. The van der Waals surface area contributed by atoms with E-state index in [-0.39, 0.29) is 31.7 Å². The fourth-order valence-electron chi connectivity index (χ4n) is 4.54. The Morgan fingerprint density at radius 2 is 1.74 bits per heavy atom. The number of nitrogens with zero attached hydrogens (tertiary/aromatic N) is 1. The Bertz CT molecular complexity index is 1290. The number of nitrogens with one attached hydrogen (secondary N) is 1. The van der Waals surface area contributed by atoms with Gasteiger partial charge < -0.3 is 15.2 Å². The molecule has 6 nitrogen and oxygen atoms in total. The average Bonchev–Trinajstić information content (AvgIpc) is 2.90. The maximum absolute atomic E-state index is 12.5. The van der Waals surface area contributed by atoms with Crippen molar-refractivity contribution in [2.45, 2.75) is 31.0 Å². The van der Waals surface area contributed by atoms with E-state index < -0.39 is 17.9 Å². The largest absolute Gasteiger partial charge is 0.480 e. The van der Waals surface area contributed by atoms with Crippen molar-refractivity contribution in [3.63, 3.8) is 0 Å².